The number of aromatic nitrogens is 5. The molecule has 0 bridgehead atoms. The van der Waals surface area contributed by atoms with Gasteiger partial charge in [0, 0.05) is 48.9 Å². The number of aryl methyl sites for hydroxylation is 1. The summed E-state index contributed by atoms with van der Waals surface area (Å²) in [7, 11) is 1.63. The Hall–Kier alpha value is -4.53. The van der Waals surface area contributed by atoms with E-state index in [0.717, 1.165) is 12.1 Å². The van der Waals surface area contributed by atoms with Crippen LogP contribution >= 0.6 is 46.6 Å². The molecule has 3 aromatic heterocycles. The van der Waals surface area contributed by atoms with Gasteiger partial charge in [-0.25, -0.2) is 22.5 Å². The molecule has 11 nitrogen and oxygen atoms in total. The Morgan fingerprint density at radius 1 is 1.19 bits per heavy atom. The van der Waals surface area contributed by atoms with Crippen LogP contribution in [0.15, 0.2) is 51.1 Å². The molecule has 1 unspecified atom stereocenters. The lowest BCUT2D eigenvalue weighted by atomic mass is 10.0. The first kappa shape index (κ1) is 42.1. The number of hydrogen-bond donors (Lipinski definition) is 2. The Balaban J connectivity index is 1.45. The van der Waals surface area contributed by atoms with Crippen LogP contribution in [0, 0.1) is 17.6 Å². The molecule has 3 heterocycles. The van der Waals surface area contributed by atoms with Gasteiger partial charge >= 0.3 is 0 Å². The van der Waals surface area contributed by atoms with Gasteiger partial charge in [0.25, 0.3) is 18.3 Å². The van der Waals surface area contributed by atoms with E-state index in [1.165, 1.54) is 57.6 Å². The molecule has 0 aliphatic heterocycles. The van der Waals surface area contributed by atoms with Gasteiger partial charge < -0.3 is 14.9 Å². The number of fused-ring (bicyclic) bond motifs is 2. The van der Waals surface area contributed by atoms with Crippen molar-refractivity contribution in [2.75, 3.05) is 28.7 Å². The van der Waals surface area contributed by atoms with Crippen LogP contribution in [0.3, 0.4) is 0 Å². The number of nitrogens with zero attached hydrogens (tertiary/aromatic N) is 7. The fourth-order valence-electron chi connectivity index (χ4n) is 6.77. The maximum Gasteiger partial charge on any atom is 0.292 e. The fraction of sp³-hybridized carbons (Fsp3) is 0.333. The summed E-state index contributed by atoms with van der Waals surface area (Å²) in [6.07, 6.45) is 0.988. The number of halogens is 7. The van der Waals surface area contributed by atoms with Crippen LogP contribution in [-0.2, 0) is 41.9 Å². The fourth-order valence-corrected chi connectivity index (χ4v) is 8.60. The normalized spacial score (nSPS) is 15.6. The summed E-state index contributed by atoms with van der Waals surface area (Å²) in [6, 6.07) is 4.66. The number of rotatable bonds is 15. The maximum atomic E-state index is 15.3. The van der Waals surface area contributed by atoms with Crippen molar-refractivity contribution in [2.24, 2.45) is 18.0 Å². The van der Waals surface area contributed by atoms with E-state index in [0.29, 0.717) is 42.5 Å². The van der Waals surface area contributed by atoms with Gasteiger partial charge in [-0.05, 0) is 55.6 Å². The minimum Gasteiger partial charge on any atom is -0.350 e. The van der Waals surface area contributed by atoms with Crippen LogP contribution in [-0.4, -0.2) is 68.2 Å². The number of hydrogen-bond acceptors (Lipinski definition) is 10. The quantitative estimate of drug-likeness (QED) is 0.0355. The monoisotopic (exact) mass is 869 g/mol. The topological polar surface area (TPSA) is 122 Å². The zero-order chi connectivity index (χ0) is 41.3. The Morgan fingerprint density at radius 3 is 2.54 bits per heavy atom. The maximum absolute atomic E-state index is 15.3. The number of carbonyl (C=O) groups is 2. The van der Waals surface area contributed by atoms with E-state index in [4.69, 9.17) is 11.6 Å². The Kier molecular flexibility index (Phi) is 12.7. The van der Waals surface area contributed by atoms with Crippen LogP contribution < -0.4 is 14.9 Å². The number of thioether (sulfide) groups is 1. The highest BCUT2D eigenvalue weighted by Gasteiger charge is 2.51. The third-order valence-corrected chi connectivity index (χ3v) is 11.8. The van der Waals surface area contributed by atoms with Crippen molar-refractivity contribution in [3.8, 4) is 0 Å². The first-order valence-corrected chi connectivity index (χ1v) is 20.7. The lowest BCUT2D eigenvalue weighted by Crippen LogP contribution is -2.48. The lowest BCUT2D eigenvalue weighted by Gasteiger charge is -2.29. The highest BCUT2D eigenvalue weighted by molar-refractivity contribution is 8.00. The van der Waals surface area contributed by atoms with Gasteiger partial charge in [0.2, 0.25) is 5.91 Å². The molecule has 302 valence electrons. The Morgan fingerprint density at radius 2 is 1.91 bits per heavy atom. The van der Waals surface area contributed by atoms with Crippen LogP contribution in [0.1, 0.15) is 41.6 Å². The molecule has 1 aliphatic carbocycles. The second-order valence-corrected chi connectivity index (χ2v) is 16.0. The van der Waals surface area contributed by atoms with Crippen molar-refractivity contribution >= 4 is 93.3 Å². The standard InChI is InChI=1S/C36H34ClF6N9O2S3/c1-17-8-22-30(33(40)41)47-52(32(22)36(17,42)43)15-27(53)45-21(11-18-9-19(38)12-20(39)10-18)14-51(28(54)13-24(44-2)25-16-57-35(46-25)55-4)26-7-6-23(37)29-31(26)50(3)48-34(29)49-56-5/h6-7,9-10,12-13,16-17,21,33H,2,8,11,14-15H2,1,3-5H3,(H,45,53)(H,48,49)/b24-13-/t17-,21?/m0/s1. The predicted octanol–water partition coefficient (Wildman–Crippen LogP) is 8.29. The summed E-state index contributed by atoms with van der Waals surface area (Å²) in [5.41, 5.74) is -0.749. The highest BCUT2D eigenvalue weighted by atomic mass is 35.5. The SMILES string of the molecule is C=N/C(=C\C(=O)N(CC(Cc1cc(F)cc(F)c1)NC(=O)Cn1nc(C(F)F)c2c1C(F)(F)[C@@H](C)C2)c1ccc(Cl)c2c(NSC)nn(C)c12)c1csc(SC)n1. The zero-order valence-electron chi connectivity index (χ0n) is 30.6. The number of benzene rings is 2. The van der Waals surface area contributed by atoms with Gasteiger partial charge in [-0.15, -0.1) is 11.3 Å². The molecular weight excluding hydrogens is 836 g/mol. The molecule has 0 fully saturated rings. The van der Waals surface area contributed by atoms with Crippen molar-refractivity contribution in [1.29, 1.82) is 0 Å². The smallest absolute Gasteiger partial charge is 0.292 e. The van der Waals surface area contributed by atoms with E-state index in [9.17, 15) is 27.2 Å². The molecular formula is C36H34ClF6N9O2S3. The summed E-state index contributed by atoms with van der Waals surface area (Å²) >= 11 is 10.6. The largest absolute Gasteiger partial charge is 0.350 e. The molecule has 57 heavy (non-hydrogen) atoms. The summed E-state index contributed by atoms with van der Waals surface area (Å²) < 4.78 is 93.3. The van der Waals surface area contributed by atoms with Crippen molar-refractivity contribution in [3.05, 3.63) is 86.7 Å². The van der Waals surface area contributed by atoms with Gasteiger partial charge in [-0.2, -0.15) is 19.0 Å². The van der Waals surface area contributed by atoms with Crippen LogP contribution in [0.2, 0.25) is 5.02 Å². The van der Waals surface area contributed by atoms with E-state index in [-0.39, 0.29) is 35.4 Å². The number of amides is 2. The average molecular weight is 870 g/mol. The summed E-state index contributed by atoms with van der Waals surface area (Å²) in [5.74, 6) is -7.95. The molecule has 1 aliphatic rings. The first-order valence-electron chi connectivity index (χ1n) is 17.0. The third-order valence-electron chi connectivity index (χ3n) is 9.22. The molecule has 2 amide bonds. The van der Waals surface area contributed by atoms with Crippen molar-refractivity contribution in [2.45, 2.75) is 49.0 Å². The van der Waals surface area contributed by atoms with E-state index in [2.05, 4.69) is 36.9 Å². The van der Waals surface area contributed by atoms with Crippen molar-refractivity contribution < 1.29 is 35.9 Å². The first-order chi connectivity index (χ1) is 27.1. The van der Waals surface area contributed by atoms with Crippen LogP contribution in [0.4, 0.5) is 37.8 Å². The molecule has 5 aromatic rings. The van der Waals surface area contributed by atoms with E-state index < -0.39 is 72.2 Å². The molecule has 0 saturated carbocycles. The van der Waals surface area contributed by atoms with E-state index >= 15 is 8.78 Å². The van der Waals surface area contributed by atoms with Gasteiger partial charge in [0.05, 0.1) is 33.4 Å². The number of aliphatic imine (C=N–C) groups is 1. The number of anilines is 2. The molecule has 21 heteroatoms. The number of carbonyl (C=O) groups excluding carboxylic acids is 2. The predicted molar refractivity (Wildman–Crippen MR) is 213 cm³/mol. The van der Waals surface area contributed by atoms with Crippen LogP contribution in [0.25, 0.3) is 16.6 Å². The summed E-state index contributed by atoms with van der Waals surface area (Å²) in [6.45, 7) is 3.53. The van der Waals surface area contributed by atoms with Crippen LogP contribution in [0.5, 0.6) is 0 Å². The minimum absolute atomic E-state index is 0.0785. The van der Waals surface area contributed by atoms with E-state index in [1.807, 2.05) is 6.26 Å². The van der Waals surface area contributed by atoms with E-state index in [1.54, 1.807) is 30.8 Å². The zero-order valence-corrected chi connectivity index (χ0v) is 33.8. The molecule has 0 radical (unpaired) electrons. The van der Waals surface area contributed by atoms with Gasteiger partial charge in [-0.3, -0.25) is 23.9 Å². The van der Waals surface area contributed by atoms with Crippen molar-refractivity contribution in [1.82, 2.24) is 29.9 Å². The molecule has 2 aromatic carbocycles. The summed E-state index contributed by atoms with van der Waals surface area (Å²) in [5, 5.41) is 13.4. The second kappa shape index (κ2) is 17.1. The minimum atomic E-state index is -3.55. The Labute approximate surface area is 340 Å². The molecule has 0 spiro atoms. The van der Waals surface area contributed by atoms with Gasteiger partial charge in [0.1, 0.15) is 39.6 Å². The molecule has 0 saturated heterocycles. The lowest BCUT2D eigenvalue weighted by molar-refractivity contribution is -0.123. The summed E-state index contributed by atoms with van der Waals surface area (Å²) in [4.78, 5) is 38.1. The van der Waals surface area contributed by atoms with Crippen molar-refractivity contribution in [3.63, 3.8) is 0 Å². The number of alkyl halides is 4. The Bertz CT molecular complexity index is 2360. The number of nitrogens with one attached hydrogen (secondary N) is 2. The molecule has 6 rings (SSSR count). The molecule has 2 N–H and O–H groups in total. The van der Waals surface area contributed by atoms with Gasteiger partial charge in [0.15, 0.2) is 5.82 Å². The second-order valence-electron chi connectivity index (χ2n) is 13.1. The molecule has 2 atom stereocenters. The highest BCUT2D eigenvalue weighted by Crippen LogP contribution is 2.48. The third kappa shape index (κ3) is 8.68. The average Bonchev–Trinajstić information content (AvgIpc) is 3.90. The number of thiazole rings is 1. The van der Waals surface area contributed by atoms with Gasteiger partial charge in [-0.1, -0.05) is 42.2 Å².